The number of rotatable bonds is 3. The van der Waals surface area contributed by atoms with Gasteiger partial charge in [-0.05, 0) is 19.3 Å². The number of hydrogen-bond donors (Lipinski definition) is 2. The van der Waals surface area contributed by atoms with Crippen LogP contribution in [0.2, 0.25) is 0 Å². The molecule has 132 valence electrons. The molecule has 6 nitrogen and oxygen atoms in total. The smallest absolute Gasteiger partial charge is 0.354 e. The molecule has 1 fully saturated rings. The van der Waals surface area contributed by atoms with Crippen molar-refractivity contribution in [3.63, 3.8) is 0 Å². The molecule has 1 aromatic heterocycles. The van der Waals surface area contributed by atoms with E-state index in [0.717, 1.165) is 0 Å². The second-order valence-corrected chi connectivity index (χ2v) is 5.40. The molecule has 1 aromatic rings. The summed E-state index contributed by atoms with van der Waals surface area (Å²) in [6.45, 7) is 1.98. The van der Waals surface area contributed by atoms with Crippen LogP contribution in [-0.2, 0) is 6.54 Å². The van der Waals surface area contributed by atoms with E-state index in [0.29, 0.717) is 37.1 Å². The summed E-state index contributed by atoms with van der Waals surface area (Å²) in [5, 5.41) is 9.74. The molecule has 0 radical (unpaired) electrons. The van der Waals surface area contributed by atoms with Gasteiger partial charge in [-0.3, -0.25) is 4.99 Å². The Morgan fingerprint density at radius 2 is 2.13 bits per heavy atom. The summed E-state index contributed by atoms with van der Waals surface area (Å²) in [6, 6.07) is -0.237. The molecule has 0 aromatic carbocycles. The molecule has 23 heavy (non-hydrogen) atoms. The predicted molar refractivity (Wildman–Crippen MR) is 89.6 cm³/mol. The normalized spacial score (nSPS) is 22.4. The first-order valence-electron chi connectivity index (χ1n) is 7.21. The molecule has 2 atom stereocenters. The third-order valence-corrected chi connectivity index (χ3v) is 3.69. The molecule has 2 rings (SSSR count). The van der Waals surface area contributed by atoms with E-state index in [1.807, 2.05) is 0 Å². The minimum Gasteiger partial charge on any atom is -0.354 e. The molecule has 0 saturated heterocycles. The molecule has 1 heterocycles. The van der Waals surface area contributed by atoms with Crippen LogP contribution in [-0.4, -0.2) is 35.4 Å². The van der Waals surface area contributed by atoms with Crippen molar-refractivity contribution in [3.8, 4) is 0 Å². The average molecular weight is 447 g/mol. The minimum atomic E-state index is -4.13. The number of alkyl halides is 3. The van der Waals surface area contributed by atoms with Gasteiger partial charge in [0.1, 0.15) is 0 Å². The third-order valence-electron chi connectivity index (χ3n) is 3.69. The van der Waals surface area contributed by atoms with Gasteiger partial charge in [-0.15, -0.1) is 24.0 Å². The Morgan fingerprint density at radius 3 is 2.70 bits per heavy atom. The van der Waals surface area contributed by atoms with Crippen LogP contribution in [0.15, 0.2) is 9.52 Å². The molecule has 2 N–H and O–H groups in total. The monoisotopic (exact) mass is 447 g/mol. The highest BCUT2D eigenvalue weighted by molar-refractivity contribution is 14.0. The molecule has 1 aliphatic rings. The first kappa shape index (κ1) is 20.0. The van der Waals surface area contributed by atoms with E-state index in [-0.39, 0.29) is 42.9 Å². The van der Waals surface area contributed by atoms with Crippen LogP contribution in [0, 0.1) is 12.8 Å². The van der Waals surface area contributed by atoms with Crippen molar-refractivity contribution in [2.75, 3.05) is 7.05 Å². The van der Waals surface area contributed by atoms with Gasteiger partial charge in [-0.2, -0.15) is 18.2 Å². The summed E-state index contributed by atoms with van der Waals surface area (Å²) < 4.78 is 43.3. The summed E-state index contributed by atoms with van der Waals surface area (Å²) in [4.78, 5) is 8.05. The highest BCUT2D eigenvalue weighted by atomic mass is 127. The van der Waals surface area contributed by atoms with E-state index in [4.69, 9.17) is 4.52 Å². The van der Waals surface area contributed by atoms with Crippen molar-refractivity contribution >= 4 is 29.9 Å². The largest absolute Gasteiger partial charge is 0.391 e. The molecule has 10 heteroatoms. The van der Waals surface area contributed by atoms with Crippen LogP contribution in [0.1, 0.15) is 37.4 Å². The molecule has 0 aliphatic heterocycles. The number of guanidine groups is 1. The number of aryl methyl sites for hydroxylation is 1. The fourth-order valence-electron chi connectivity index (χ4n) is 2.58. The maximum absolute atomic E-state index is 12.8. The standard InChI is InChI=1S/C13H20F3N5O.HI/c1-8-19-11(21-22-8)7-18-12(17-2)20-10-5-3-4-9(6-10)13(14,15)16;/h9-10H,3-7H2,1-2H3,(H2,17,18,20);1H. The summed E-state index contributed by atoms with van der Waals surface area (Å²) in [7, 11) is 1.57. The topological polar surface area (TPSA) is 75.3 Å². The number of nitrogens with zero attached hydrogens (tertiary/aromatic N) is 3. The van der Waals surface area contributed by atoms with Gasteiger partial charge >= 0.3 is 6.18 Å². The summed E-state index contributed by atoms with van der Waals surface area (Å²) >= 11 is 0. The van der Waals surface area contributed by atoms with E-state index in [2.05, 4.69) is 25.8 Å². The van der Waals surface area contributed by atoms with E-state index >= 15 is 0 Å². The van der Waals surface area contributed by atoms with Crippen LogP contribution in [0.3, 0.4) is 0 Å². The second kappa shape index (κ2) is 8.69. The molecule has 0 spiro atoms. The molecular formula is C13H21F3IN5O. The van der Waals surface area contributed by atoms with Crippen LogP contribution >= 0.6 is 24.0 Å². The average Bonchev–Trinajstić information content (AvgIpc) is 2.88. The zero-order chi connectivity index (χ0) is 16.2. The summed E-state index contributed by atoms with van der Waals surface area (Å²) in [6.07, 6.45) is -2.59. The number of aliphatic imine (C=N–C) groups is 1. The van der Waals surface area contributed by atoms with E-state index in [9.17, 15) is 13.2 Å². The van der Waals surface area contributed by atoms with Gasteiger partial charge in [0.15, 0.2) is 11.8 Å². The number of hydrogen-bond acceptors (Lipinski definition) is 4. The molecule has 0 bridgehead atoms. The van der Waals surface area contributed by atoms with Gasteiger partial charge in [0.05, 0.1) is 12.5 Å². The lowest BCUT2D eigenvalue weighted by Gasteiger charge is -2.31. The van der Waals surface area contributed by atoms with Crippen LogP contribution in [0.4, 0.5) is 13.2 Å². The van der Waals surface area contributed by atoms with Gasteiger partial charge in [0.2, 0.25) is 5.89 Å². The lowest BCUT2D eigenvalue weighted by molar-refractivity contribution is -0.183. The quantitative estimate of drug-likeness (QED) is 0.424. The number of aromatic nitrogens is 2. The molecular weight excluding hydrogens is 426 g/mol. The summed E-state index contributed by atoms with van der Waals surface area (Å²) in [5.41, 5.74) is 0. The van der Waals surface area contributed by atoms with Gasteiger partial charge < -0.3 is 15.2 Å². The van der Waals surface area contributed by atoms with Crippen molar-refractivity contribution in [1.82, 2.24) is 20.8 Å². The predicted octanol–water partition coefficient (Wildman–Crippen LogP) is 2.78. The molecule has 1 saturated carbocycles. The molecule has 1 aliphatic carbocycles. The Bertz CT molecular complexity index is 520. The van der Waals surface area contributed by atoms with Crippen molar-refractivity contribution in [2.45, 2.75) is 51.4 Å². The van der Waals surface area contributed by atoms with Gasteiger partial charge in [-0.1, -0.05) is 11.6 Å². The van der Waals surface area contributed by atoms with E-state index in [1.54, 1.807) is 14.0 Å². The fraction of sp³-hybridized carbons (Fsp3) is 0.769. The van der Waals surface area contributed by atoms with Crippen molar-refractivity contribution in [2.24, 2.45) is 10.9 Å². The van der Waals surface area contributed by atoms with Crippen LogP contribution in [0.5, 0.6) is 0 Å². The Balaban J connectivity index is 0.00000264. The first-order chi connectivity index (χ1) is 10.4. The zero-order valence-corrected chi connectivity index (χ0v) is 15.3. The van der Waals surface area contributed by atoms with Crippen molar-refractivity contribution < 1.29 is 17.7 Å². The van der Waals surface area contributed by atoms with Gasteiger partial charge in [0.25, 0.3) is 0 Å². The number of halogens is 4. The maximum atomic E-state index is 12.8. The second-order valence-electron chi connectivity index (χ2n) is 5.40. The fourth-order valence-corrected chi connectivity index (χ4v) is 2.58. The zero-order valence-electron chi connectivity index (χ0n) is 13.0. The van der Waals surface area contributed by atoms with Gasteiger partial charge in [-0.25, -0.2) is 0 Å². The number of nitrogens with one attached hydrogen (secondary N) is 2. The Kier molecular flexibility index (Phi) is 7.55. The maximum Gasteiger partial charge on any atom is 0.391 e. The Hall–Kier alpha value is -1.07. The Labute approximate surface area is 149 Å². The molecule has 2 unspecified atom stereocenters. The first-order valence-corrected chi connectivity index (χ1v) is 7.21. The van der Waals surface area contributed by atoms with E-state index in [1.165, 1.54) is 0 Å². The third kappa shape index (κ3) is 6.15. The minimum absolute atomic E-state index is 0. The highest BCUT2D eigenvalue weighted by Gasteiger charge is 2.42. The Morgan fingerprint density at radius 1 is 1.39 bits per heavy atom. The summed E-state index contributed by atoms with van der Waals surface area (Å²) in [5.74, 6) is 0.129. The van der Waals surface area contributed by atoms with Crippen molar-refractivity contribution in [1.29, 1.82) is 0 Å². The van der Waals surface area contributed by atoms with Crippen LogP contribution < -0.4 is 10.6 Å². The SMILES string of the molecule is CN=C(NCc1noc(C)n1)NC1CCCC(C(F)(F)F)C1.I. The molecule has 0 amide bonds. The van der Waals surface area contributed by atoms with Crippen LogP contribution in [0.25, 0.3) is 0 Å². The lowest BCUT2D eigenvalue weighted by atomic mass is 9.85. The van der Waals surface area contributed by atoms with Crippen molar-refractivity contribution in [3.05, 3.63) is 11.7 Å². The van der Waals surface area contributed by atoms with E-state index < -0.39 is 12.1 Å². The highest BCUT2D eigenvalue weighted by Crippen LogP contribution is 2.37. The lowest BCUT2D eigenvalue weighted by Crippen LogP contribution is -2.46. The van der Waals surface area contributed by atoms with Gasteiger partial charge in [0, 0.05) is 20.0 Å².